The third kappa shape index (κ3) is 4.48. The van der Waals surface area contributed by atoms with Crippen LogP contribution in [0.5, 0.6) is 0 Å². The van der Waals surface area contributed by atoms with Crippen LogP contribution in [0.25, 0.3) is 11.1 Å². The second-order valence-electron chi connectivity index (χ2n) is 7.13. The predicted molar refractivity (Wildman–Crippen MR) is 127 cm³/mol. The smallest absolute Gasteiger partial charge is 0.265 e. The Morgan fingerprint density at radius 1 is 1.00 bits per heavy atom. The number of sulfonamides is 1. The molecule has 1 N–H and O–H groups in total. The molecule has 5 nitrogen and oxygen atoms in total. The molecule has 1 amide bonds. The fraction of sp³-hybridized carbons (Fsp3) is 0.174. The molecule has 0 spiro atoms. The van der Waals surface area contributed by atoms with Gasteiger partial charge in [0, 0.05) is 39.8 Å². The number of fused-ring (bicyclic) bond motifs is 3. The summed E-state index contributed by atoms with van der Waals surface area (Å²) >= 11 is 7.45. The summed E-state index contributed by atoms with van der Waals surface area (Å²) < 4.78 is 41.3. The lowest BCUT2D eigenvalue weighted by molar-refractivity contribution is -0.119. The molecule has 0 unspecified atom stereocenters. The molecule has 0 saturated heterocycles. The molecule has 0 fully saturated rings. The van der Waals surface area contributed by atoms with Gasteiger partial charge in [-0.1, -0.05) is 54.1 Å². The quantitative estimate of drug-likeness (QED) is 0.487. The van der Waals surface area contributed by atoms with Crippen molar-refractivity contribution in [2.45, 2.75) is 10.6 Å². The van der Waals surface area contributed by atoms with E-state index in [1.165, 1.54) is 17.8 Å². The van der Waals surface area contributed by atoms with Gasteiger partial charge < -0.3 is 5.32 Å². The molecule has 0 bridgehead atoms. The molecule has 32 heavy (non-hydrogen) atoms. The van der Waals surface area contributed by atoms with Crippen LogP contribution in [-0.4, -0.2) is 33.2 Å². The van der Waals surface area contributed by atoms with Crippen LogP contribution in [0.1, 0.15) is 5.56 Å². The van der Waals surface area contributed by atoms with Gasteiger partial charge in [-0.15, -0.1) is 0 Å². The van der Waals surface area contributed by atoms with Crippen LogP contribution in [-0.2, 0) is 20.6 Å². The zero-order valence-corrected chi connectivity index (χ0v) is 19.3. The Morgan fingerprint density at radius 3 is 2.50 bits per heavy atom. The van der Waals surface area contributed by atoms with Crippen LogP contribution < -0.4 is 9.62 Å². The highest BCUT2D eigenvalue weighted by atomic mass is 35.5. The number of anilines is 1. The summed E-state index contributed by atoms with van der Waals surface area (Å²) in [6.07, 6.45) is 0. The lowest BCUT2D eigenvalue weighted by Crippen LogP contribution is -2.43. The van der Waals surface area contributed by atoms with E-state index in [1.807, 2.05) is 12.1 Å². The second-order valence-corrected chi connectivity index (χ2v) is 10.5. The molecule has 0 radical (unpaired) electrons. The maximum absolute atomic E-state index is 13.8. The van der Waals surface area contributed by atoms with Crippen molar-refractivity contribution in [3.8, 4) is 11.1 Å². The largest absolute Gasteiger partial charge is 0.354 e. The summed E-state index contributed by atoms with van der Waals surface area (Å²) in [5, 5.41) is 3.12. The van der Waals surface area contributed by atoms with E-state index in [1.54, 1.807) is 48.5 Å². The van der Waals surface area contributed by atoms with Crippen LogP contribution in [0.2, 0.25) is 5.02 Å². The van der Waals surface area contributed by atoms with Gasteiger partial charge in [-0.05, 0) is 24.3 Å². The third-order valence-corrected chi connectivity index (χ3v) is 8.24. The molecule has 0 aliphatic carbocycles. The van der Waals surface area contributed by atoms with Crippen molar-refractivity contribution in [1.29, 1.82) is 0 Å². The van der Waals surface area contributed by atoms with Crippen LogP contribution in [0.4, 0.5) is 10.1 Å². The summed E-state index contributed by atoms with van der Waals surface area (Å²) in [5.41, 5.74) is 2.30. The average Bonchev–Trinajstić information content (AvgIpc) is 2.78. The van der Waals surface area contributed by atoms with Crippen LogP contribution in [0, 0.1) is 5.82 Å². The number of halogens is 2. The second kappa shape index (κ2) is 9.52. The van der Waals surface area contributed by atoms with E-state index in [9.17, 15) is 17.6 Å². The first-order valence-corrected chi connectivity index (χ1v) is 12.9. The molecule has 166 valence electrons. The number of rotatable bonds is 7. The molecule has 4 rings (SSSR count). The number of nitrogens with one attached hydrogen (secondary N) is 1. The van der Waals surface area contributed by atoms with E-state index in [2.05, 4.69) is 5.32 Å². The molecular weight excluding hydrogens is 471 g/mol. The topological polar surface area (TPSA) is 66.5 Å². The molecular formula is C23H20ClFN2O3S2. The van der Waals surface area contributed by atoms with Crippen molar-refractivity contribution in [2.75, 3.05) is 23.1 Å². The molecule has 0 atom stereocenters. The monoisotopic (exact) mass is 490 g/mol. The van der Waals surface area contributed by atoms with E-state index in [-0.39, 0.29) is 17.3 Å². The third-order valence-electron chi connectivity index (χ3n) is 5.08. The standard InChI is InChI=1S/C23H20ClFN2O3S2/c24-19-8-5-9-20(25)18(19)15-31-13-12-26-23(28)14-27-21-10-3-1-6-16(21)17-7-2-4-11-22(17)32(27,29)30/h1-11H,12-15H2,(H,26,28). The number of carbonyl (C=O) groups excluding carboxylic acids is 1. The Bertz CT molecular complexity index is 1250. The fourth-order valence-corrected chi connectivity index (χ4v) is 6.39. The van der Waals surface area contributed by atoms with E-state index in [0.29, 0.717) is 39.9 Å². The minimum atomic E-state index is -3.86. The Hall–Kier alpha value is -2.55. The first-order chi connectivity index (χ1) is 15.4. The van der Waals surface area contributed by atoms with Gasteiger partial charge in [0.2, 0.25) is 5.91 Å². The molecule has 0 saturated carbocycles. The Labute approximate surface area is 195 Å². The van der Waals surface area contributed by atoms with Crippen molar-refractivity contribution in [1.82, 2.24) is 5.32 Å². The number of benzene rings is 3. The Morgan fingerprint density at radius 2 is 1.72 bits per heavy atom. The van der Waals surface area contributed by atoms with Crippen molar-refractivity contribution < 1.29 is 17.6 Å². The van der Waals surface area contributed by atoms with Gasteiger partial charge >= 0.3 is 0 Å². The van der Waals surface area contributed by atoms with Crippen LogP contribution >= 0.6 is 23.4 Å². The number of para-hydroxylation sites is 1. The highest BCUT2D eigenvalue weighted by molar-refractivity contribution is 7.98. The van der Waals surface area contributed by atoms with Crippen molar-refractivity contribution >= 4 is 45.0 Å². The molecule has 1 aliphatic rings. The zero-order chi connectivity index (χ0) is 22.7. The number of carbonyl (C=O) groups is 1. The summed E-state index contributed by atoms with van der Waals surface area (Å²) in [7, 11) is -3.86. The van der Waals surface area contributed by atoms with Gasteiger partial charge in [0.1, 0.15) is 12.4 Å². The van der Waals surface area contributed by atoms with Gasteiger partial charge in [0.15, 0.2) is 0 Å². The van der Waals surface area contributed by atoms with Crippen LogP contribution in [0.3, 0.4) is 0 Å². The van der Waals surface area contributed by atoms with Gasteiger partial charge in [0.25, 0.3) is 10.0 Å². The summed E-state index contributed by atoms with van der Waals surface area (Å²) in [6, 6.07) is 18.5. The minimum absolute atomic E-state index is 0.184. The number of amides is 1. The van der Waals surface area contributed by atoms with Gasteiger partial charge in [-0.2, -0.15) is 11.8 Å². The lowest BCUT2D eigenvalue weighted by Gasteiger charge is -2.31. The molecule has 3 aromatic carbocycles. The molecule has 3 aromatic rings. The van der Waals surface area contributed by atoms with Crippen molar-refractivity contribution in [3.05, 3.63) is 83.1 Å². The van der Waals surface area contributed by atoms with E-state index in [0.717, 1.165) is 9.87 Å². The fourth-order valence-electron chi connectivity index (χ4n) is 3.54. The maximum Gasteiger partial charge on any atom is 0.265 e. The van der Waals surface area contributed by atoms with E-state index < -0.39 is 15.9 Å². The molecule has 1 aliphatic heterocycles. The molecule has 0 aromatic heterocycles. The predicted octanol–water partition coefficient (Wildman–Crippen LogP) is 4.70. The number of hydrogen-bond donors (Lipinski definition) is 1. The number of nitrogens with zero attached hydrogens (tertiary/aromatic N) is 1. The normalized spacial score (nSPS) is 13.9. The lowest BCUT2D eigenvalue weighted by atomic mass is 10.0. The van der Waals surface area contributed by atoms with Gasteiger partial charge in [-0.3, -0.25) is 9.10 Å². The first kappa shape index (κ1) is 22.6. The maximum atomic E-state index is 13.8. The Balaban J connectivity index is 1.39. The highest BCUT2D eigenvalue weighted by Gasteiger charge is 2.35. The summed E-state index contributed by atoms with van der Waals surface area (Å²) in [6.45, 7) is -0.000811. The minimum Gasteiger partial charge on any atom is -0.354 e. The number of hydrogen-bond acceptors (Lipinski definition) is 4. The van der Waals surface area contributed by atoms with Gasteiger partial charge in [-0.25, -0.2) is 12.8 Å². The Kier molecular flexibility index (Phi) is 6.74. The zero-order valence-electron chi connectivity index (χ0n) is 16.9. The SMILES string of the molecule is O=C(CN1c2ccccc2-c2ccccc2S1(=O)=O)NCCSCc1c(F)cccc1Cl. The molecule has 1 heterocycles. The van der Waals surface area contributed by atoms with Gasteiger partial charge in [0.05, 0.1) is 10.6 Å². The van der Waals surface area contributed by atoms with E-state index >= 15 is 0 Å². The first-order valence-electron chi connectivity index (χ1n) is 9.88. The summed E-state index contributed by atoms with van der Waals surface area (Å²) in [4.78, 5) is 12.7. The van der Waals surface area contributed by atoms with Crippen LogP contribution in [0.15, 0.2) is 71.6 Å². The van der Waals surface area contributed by atoms with Crippen molar-refractivity contribution in [3.63, 3.8) is 0 Å². The molecule has 9 heteroatoms. The number of thioether (sulfide) groups is 1. The van der Waals surface area contributed by atoms with E-state index in [4.69, 9.17) is 11.6 Å². The average molecular weight is 491 g/mol. The summed E-state index contributed by atoms with van der Waals surface area (Å²) in [5.74, 6) is 0.143. The highest BCUT2D eigenvalue weighted by Crippen LogP contribution is 2.42. The van der Waals surface area contributed by atoms with Crippen molar-refractivity contribution in [2.24, 2.45) is 0 Å².